The number of carbonyl (C=O) groups is 4. The van der Waals surface area contributed by atoms with Gasteiger partial charge in [0.2, 0.25) is 23.6 Å². The minimum absolute atomic E-state index is 0. The van der Waals surface area contributed by atoms with Gasteiger partial charge in [-0.25, -0.2) is 0 Å². The predicted molar refractivity (Wildman–Crippen MR) is 65.6 cm³/mol. The average Bonchev–Trinajstić information content (AvgIpc) is 2.12. The van der Waals surface area contributed by atoms with Crippen LogP contribution < -0.4 is 22.9 Å². The van der Waals surface area contributed by atoms with E-state index in [0.717, 1.165) is 0 Å². The molecule has 9 heteroatoms. The summed E-state index contributed by atoms with van der Waals surface area (Å²) in [4.78, 5) is 39.7. The molecule has 0 aromatic heterocycles. The highest BCUT2D eigenvalue weighted by molar-refractivity contribution is 7.59. The lowest BCUT2D eigenvalue weighted by atomic mass is 10.3. The maximum atomic E-state index is 9.92. The number of primary amides is 4. The Kier molecular flexibility index (Phi) is 14.9. The molecule has 8 nitrogen and oxygen atoms in total. The average molecular weight is 266 g/mol. The molecule has 0 heterocycles. The second kappa shape index (κ2) is 12.3. The molecular formula is C8H18N4O4S. The summed E-state index contributed by atoms with van der Waals surface area (Å²) >= 11 is 0. The fourth-order valence-corrected chi connectivity index (χ4v) is 0.493. The Morgan fingerprint density at radius 2 is 0.647 bits per heavy atom. The number of amides is 4. The van der Waals surface area contributed by atoms with E-state index in [1.54, 1.807) is 0 Å². The maximum absolute atomic E-state index is 9.92. The van der Waals surface area contributed by atoms with Crippen LogP contribution in [0.1, 0.15) is 25.7 Å². The molecule has 0 saturated heterocycles. The van der Waals surface area contributed by atoms with Gasteiger partial charge in [0.1, 0.15) is 0 Å². The normalized spacial score (nSPS) is 8.00. The number of hydrogen-bond acceptors (Lipinski definition) is 4. The third-order valence-corrected chi connectivity index (χ3v) is 1.24. The van der Waals surface area contributed by atoms with Gasteiger partial charge < -0.3 is 22.9 Å². The fourth-order valence-electron chi connectivity index (χ4n) is 0.493. The van der Waals surface area contributed by atoms with Crippen molar-refractivity contribution in [2.24, 2.45) is 22.9 Å². The van der Waals surface area contributed by atoms with Gasteiger partial charge in [-0.05, 0) is 0 Å². The fraction of sp³-hybridized carbons (Fsp3) is 0.500. The van der Waals surface area contributed by atoms with Crippen molar-refractivity contribution in [2.45, 2.75) is 25.7 Å². The van der Waals surface area contributed by atoms with Crippen molar-refractivity contribution >= 4 is 37.1 Å². The van der Waals surface area contributed by atoms with Crippen LogP contribution in [0.25, 0.3) is 0 Å². The molecule has 0 spiro atoms. The second-order valence-corrected chi connectivity index (χ2v) is 2.87. The van der Waals surface area contributed by atoms with E-state index in [4.69, 9.17) is 22.9 Å². The molecule has 100 valence electrons. The lowest BCUT2D eigenvalue weighted by Gasteiger charge is -1.87. The first-order valence-corrected chi connectivity index (χ1v) is 4.39. The van der Waals surface area contributed by atoms with Crippen LogP contribution in [-0.4, -0.2) is 23.6 Å². The van der Waals surface area contributed by atoms with Gasteiger partial charge in [-0.15, -0.1) is 0 Å². The van der Waals surface area contributed by atoms with E-state index < -0.39 is 23.6 Å². The largest absolute Gasteiger partial charge is 0.370 e. The molecule has 0 rings (SSSR count). The maximum Gasteiger partial charge on any atom is 0.217 e. The van der Waals surface area contributed by atoms with Gasteiger partial charge in [-0.1, -0.05) is 0 Å². The van der Waals surface area contributed by atoms with E-state index >= 15 is 0 Å². The third kappa shape index (κ3) is 31.4. The summed E-state index contributed by atoms with van der Waals surface area (Å²) in [6.45, 7) is 0. The summed E-state index contributed by atoms with van der Waals surface area (Å²) in [7, 11) is 0. The Labute approximate surface area is 105 Å². The van der Waals surface area contributed by atoms with Gasteiger partial charge in [0.25, 0.3) is 0 Å². The summed E-state index contributed by atoms with van der Waals surface area (Å²) in [5.41, 5.74) is 18.8. The Morgan fingerprint density at radius 1 is 0.529 bits per heavy atom. The topological polar surface area (TPSA) is 172 Å². The van der Waals surface area contributed by atoms with Crippen LogP contribution in [0, 0.1) is 0 Å². The number of hydrogen-bond donors (Lipinski definition) is 4. The number of carbonyl (C=O) groups excluding carboxylic acids is 4. The highest BCUT2D eigenvalue weighted by Crippen LogP contribution is 1.83. The van der Waals surface area contributed by atoms with Gasteiger partial charge in [0.15, 0.2) is 0 Å². The number of nitrogens with two attached hydrogens (primary N) is 4. The Bertz CT molecular complexity index is 227. The molecule has 0 aliphatic rings. The van der Waals surface area contributed by atoms with Crippen molar-refractivity contribution in [1.82, 2.24) is 0 Å². The molecule has 8 N–H and O–H groups in total. The van der Waals surface area contributed by atoms with E-state index in [1.807, 2.05) is 0 Å². The SMILES string of the molecule is NC(=O)CCC(N)=O.NC(=O)CCC(N)=O.S. The van der Waals surface area contributed by atoms with Gasteiger partial charge >= 0.3 is 0 Å². The second-order valence-electron chi connectivity index (χ2n) is 2.87. The van der Waals surface area contributed by atoms with Crippen molar-refractivity contribution in [3.05, 3.63) is 0 Å². The summed E-state index contributed by atoms with van der Waals surface area (Å²) in [6.07, 6.45) is 0.204. The zero-order valence-corrected chi connectivity index (χ0v) is 10.3. The molecule has 0 aromatic carbocycles. The Hall–Kier alpha value is -1.77. The third-order valence-electron chi connectivity index (χ3n) is 1.24. The van der Waals surface area contributed by atoms with Crippen molar-refractivity contribution in [3.63, 3.8) is 0 Å². The van der Waals surface area contributed by atoms with Crippen LogP contribution in [0.15, 0.2) is 0 Å². The van der Waals surface area contributed by atoms with Gasteiger partial charge in [-0.2, -0.15) is 13.5 Å². The van der Waals surface area contributed by atoms with Crippen molar-refractivity contribution < 1.29 is 19.2 Å². The Morgan fingerprint density at radius 3 is 0.706 bits per heavy atom. The molecule has 0 aliphatic carbocycles. The molecule has 0 unspecified atom stereocenters. The summed E-state index contributed by atoms with van der Waals surface area (Å²) in [6, 6.07) is 0. The zero-order chi connectivity index (χ0) is 13.1. The highest BCUT2D eigenvalue weighted by atomic mass is 32.1. The summed E-state index contributed by atoms with van der Waals surface area (Å²) in [5, 5.41) is 0. The highest BCUT2D eigenvalue weighted by Gasteiger charge is 1.97. The van der Waals surface area contributed by atoms with Gasteiger partial charge in [0.05, 0.1) is 0 Å². The standard InChI is InChI=1S/2C4H8N2O2.H2S/c2*5-3(7)1-2-4(6)8;/h2*1-2H2,(H2,5,7)(H2,6,8);1H2. The van der Waals surface area contributed by atoms with Crippen molar-refractivity contribution in [2.75, 3.05) is 0 Å². The monoisotopic (exact) mass is 266 g/mol. The van der Waals surface area contributed by atoms with Crippen molar-refractivity contribution in [1.29, 1.82) is 0 Å². The smallest absolute Gasteiger partial charge is 0.217 e. The molecule has 0 saturated carbocycles. The van der Waals surface area contributed by atoms with Crippen LogP contribution in [-0.2, 0) is 19.2 Å². The molecule has 4 amide bonds. The first-order valence-electron chi connectivity index (χ1n) is 4.39. The first kappa shape index (κ1) is 20.6. The minimum Gasteiger partial charge on any atom is -0.370 e. The zero-order valence-electron chi connectivity index (χ0n) is 9.27. The molecule has 17 heavy (non-hydrogen) atoms. The van der Waals surface area contributed by atoms with Gasteiger partial charge in [-0.3, -0.25) is 19.2 Å². The lowest BCUT2D eigenvalue weighted by Crippen LogP contribution is -2.16. The van der Waals surface area contributed by atoms with Crippen LogP contribution in [0.4, 0.5) is 0 Å². The van der Waals surface area contributed by atoms with E-state index in [2.05, 4.69) is 0 Å². The predicted octanol–water partition coefficient (Wildman–Crippen LogP) is -2.41. The lowest BCUT2D eigenvalue weighted by molar-refractivity contribution is -0.123. The van der Waals surface area contributed by atoms with Crippen LogP contribution >= 0.6 is 13.5 Å². The molecule has 0 fully saturated rings. The van der Waals surface area contributed by atoms with Crippen LogP contribution in [0.2, 0.25) is 0 Å². The molecule has 0 aromatic rings. The molecule has 0 aliphatic heterocycles. The van der Waals surface area contributed by atoms with E-state index in [-0.39, 0.29) is 39.2 Å². The van der Waals surface area contributed by atoms with E-state index in [1.165, 1.54) is 0 Å². The summed E-state index contributed by atoms with van der Waals surface area (Å²) < 4.78 is 0. The summed E-state index contributed by atoms with van der Waals surface area (Å²) in [5.74, 6) is -1.99. The first-order chi connectivity index (χ1) is 7.25. The molecule has 0 atom stereocenters. The van der Waals surface area contributed by atoms with Crippen molar-refractivity contribution in [3.8, 4) is 0 Å². The number of rotatable bonds is 6. The molecular weight excluding hydrogens is 248 g/mol. The van der Waals surface area contributed by atoms with Gasteiger partial charge in [0, 0.05) is 25.7 Å². The van der Waals surface area contributed by atoms with Crippen LogP contribution in [0.5, 0.6) is 0 Å². The Balaban J connectivity index is -0.000000218. The molecule has 0 bridgehead atoms. The quantitative estimate of drug-likeness (QED) is 0.419. The van der Waals surface area contributed by atoms with E-state index in [0.29, 0.717) is 0 Å². The van der Waals surface area contributed by atoms with E-state index in [9.17, 15) is 19.2 Å². The molecule has 0 radical (unpaired) electrons. The minimum atomic E-state index is -0.496. The van der Waals surface area contributed by atoms with Crippen LogP contribution in [0.3, 0.4) is 0 Å².